The highest BCUT2D eigenvalue weighted by Crippen LogP contribution is 2.28. The molecular weight excluding hydrogens is 240 g/mol. The monoisotopic (exact) mass is 262 g/mol. The maximum atomic E-state index is 8.93. The topological polar surface area (TPSA) is 74.7 Å². The summed E-state index contributed by atoms with van der Waals surface area (Å²) in [4.78, 5) is 6.69. The van der Waals surface area contributed by atoms with Crippen molar-refractivity contribution in [1.82, 2.24) is 4.98 Å². The van der Waals surface area contributed by atoms with E-state index in [2.05, 4.69) is 22.0 Å². The predicted octanol–water partition coefficient (Wildman–Crippen LogP) is 2.11. The van der Waals surface area contributed by atoms with Crippen molar-refractivity contribution in [2.24, 2.45) is 16.8 Å². The first kappa shape index (κ1) is 13.6. The van der Waals surface area contributed by atoms with E-state index in [4.69, 9.17) is 10.9 Å². The van der Waals surface area contributed by atoms with Crippen LogP contribution in [-0.4, -0.2) is 29.1 Å². The lowest BCUT2D eigenvalue weighted by molar-refractivity contribution is 0.318. The maximum Gasteiger partial charge on any atom is 0.174 e. The molecular formula is C14H22N4O. The molecule has 1 atom stereocenters. The van der Waals surface area contributed by atoms with E-state index in [-0.39, 0.29) is 5.84 Å². The minimum Gasteiger partial charge on any atom is -0.409 e. The largest absolute Gasteiger partial charge is 0.409 e. The van der Waals surface area contributed by atoms with Gasteiger partial charge < -0.3 is 15.8 Å². The molecule has 5 heteroatoms. The average Bonchev–Trinajstić information content (AvgIpc) is 2.86. The van der Waals surface area contributed by atoms with Crippen LogP contribution in [0.1, 0.15) is 37.3 Å². The van der Waals surface area contributed by atoms with Crippen molar-refractivity contribution in [3.8, 4) is 0 Å². The van der Waals surface area contributed by atoms with Gasteiger partial charge in [-0.3, -0.25) is 0 Å². The Morgan fingerprint density at radius 3 is 3.11 bits per heavy atom. The molecule has 0 amide bonds. The van der Waals surface area contributed by atoms with Crippen molar-refractivity contribution >= 4 is 11.7 Å². The molecule has 3 N–H and O–H groups in total. The van der Waals surface area contributed by atoms with Gasteiger partial charge in [-0.2, -0.15) is 0 Å². The Balaban J connectivity index is 2.28. The highest BCUT2D eigenvalue weighted by atomic mass is 16.4. The maximum absolute atomic E-state index is 8.93. The molecule has 2 rings (SSSR count). The Hall–Kier alpha value is -1.78. The van der Waals surface area contributed by atoms with E-state index in [0.717, 1.165) is 36.0 Å². The Labute approximate surface area is 114 Å². The van der Waals surface area contributed by atoms with Crippen LogP contribution >= 0.6 is 0 Å². The number of oxime groups is 1. The molecule has 1 aliphatic heterocycles. The average molecular weight is 262 g/mol. The van der Waals surface area contributed by atoms with Crippen molar-refractivity contribution < 1.29 is 5.21 Å². The molecule has 0 aromatic carbocycles. The van der Waals surface area contributed by atoms with Gasteiger partial charge >= 0.3 is 0 Å². The van der Waals surface area contributed by atoms with E-state index in [1.165, 1.54) is 19.3 Å². The van der Waals surface area contributed by atoms with E-state index in [1.807, 2.05) is 13.0 Å². The summed E-state index contributed by atoms with van der Waals surface area (Å²) in [5.74, 6) is 1.71. The highest BCUT2D eigenvalue weighted by Gasteiger charge is 2.26. The van der Waals surface area contributed by atoms with Crippen LogP contribution in [0.15, 0.2) is 17.4 Å². The van der Waals surface area contributed by atoms with E-state index in [9.17, 15) is 0 Å². The molecule has 2 heterocycles. The SMILES string of the molecule is CCCC1CCN(c2nccc(C)c2/C(N)=N/O)C1. The van der Waals surface area contributed by atoms with Gasteiger partial charge in [-0.15, -0.1) is 0 Å². The van der Waals surface area contributed by atoms with Crippen LogP contribution in [0.25, 0.3) is 0 Å². The molecule has 0 aliphatic carbocycles. The quantitative estimate of drug-likeness (QED) is 0.377. The van der Waals surface area contributed by atoms with Gasteiger partial charge in [0.25, 0.3) is 0 Å². The molecule has 19 heavy (non-hydrogen) atoms. The lowest BCUT2D eigenvalue weighted by atomic mass is 10.0. The summed E-state index contributed by atoms with van der Waals surface area (Å²) in [7, 11) is 0. The van der Waals surface area contributed by atoms with Gasteiger partial charge in [0.1, 0.15) is 5.82 Å². The summed E-state index contributed by atoms with van der Waals surface area (Å²) >= 11 is 0. The number of pyridine rings is 1. The van der Waals surface area contributed by atoms with Gasteiger partial charge in [-0.1, -0.05) is 18.5 Å². The van der Waals surface area contributed by atoms with Gasteiger partial charge in [0, 0.05) is 19.3 Å². The molecule has 1 fully saturated rings. The summed E-state index contributed by atoms with van der Waals surface area (Å²) < 4.78 is 0. The summed E-state index contributed by atoms with van der Waals surface area (Å²) in [5, 5.41) is 12.1. The summed E-state index contributed by atoms with van der Waals surface area (Å²) in [6.07, 6.45) is 5.44. The van der Waals surface area contributed by atoms with Crippen LogP contribution in [0.4, 0.5) is 5.82 Å². The van der Waals surface area contributed by atoms with Gasteiger partial charge in [0.15, 0.2) is 5.84 Å². The molecule has 1 unspecified atom stereocenters. The van der Waals surface area contributed by atoms with Crippen molar-refractivity contribution in [3.63, 3.8) is 0 Å². The summed E-state index contributed by atoms with van der Waals surface area (Å²) in [6, 6.07) is 1.89. The zero-order chi connectivity index (χ0) is 13.8. The van der Waals surface area contributed by atoms with Crippen molar-refractivity contribution in [3.05, 3.63) is 23.4 Å². The lowest BCUT2D eigenvalue weighted by Crippen LogP contribution is -2.26. The molecule has 5 nitrogen and oxygen atoms in total. The number of anilines is 1. The second-order valence-electron chi connectivity index (χ2n) is 5.20. The van der Waals surface area contributed by atoms with Crippen LogP contribution in [0.5, 0.6) is 0 Å². The summed E-state index contributed by atoms with van der Waals surface area (Å²) in [6.45, 7) is 6.18. The van der Waals surface area contributed by atoms with Crippen LogP contribution in [-0.2, 0) is 0 Å². The number of hydrogen-bond acceptors (Lipinski definition) is 4. The molecule has 1 aliphatic rings. The minimum atomic E-state index is 0.138. The van der Waals surface area contributed by atoms with E-state index < -0.39 is 0 Å². The fourth-order valence-electron chi connectivity index (χ4n) is 2.82. The molecule has 0 saturated carbocycles. The molecule has 1 saturated heterocycles. The number of aromatic nitrogens is 1. The minimum absolute atomic E-state index is 0.138. The van der Waals surface area contributed by atoms with Crippen LogP contribution in [0.3, 0.4) is 0 Å². The second-order valence-corrected chi connectivity index (χ2v) is 5.20. The van der Waals surface area contributed by atoms with Crippen LogP contribution in [0, 0.1) is 12.8 Å². The van der Waals surface area contributed by atoms with Crippen LogP contribution in [0.2, 0.25) is 0 Å². The normalized spacial score (nSPS) is 20.0. The Morgan fingerprint density at radius 1 is 1.63 bits per heavy atom. The molecule has 0 spiro atoms. The zero-order valence-electron chi connectivity index (χ0n) is 11.6. The fourth-order valence-corrected chi connectivity index (χ4v) is 2.82. The fraction of sp³-hybridized carbons (Fsp3) is 0.571. The number of rotatable bonds is 4. The number of aryl methyl sites for hydroxylation is 1. The lowest BCUT2D eigenvalue weighted by Gasteiger charge is -2.21. The van der Waals surface area contributed by atoms with E-state index in [0.29, 0.717) is 0 Å². The Morgan fingerprint density at radius 2 is 2.42 bits per heavy atom. The van der Waals surface area contributed by atoms with E-state index >= 15 is 0 Å². The number of amidine groups is 1. The zero-order valence-corrected chi connectivity index (χ0v) is 11.6. The first-order chi connectivity index (χ1) is 9.17. The highest BCUT2D eigenvalue weighted by molar-refractivity contribution is 6.02. The van der Waals surface area contributed by atoms with Gasteiger partial charge in [-0.05, 0) is 37.3 Å². The van der Waals surface area contributed by atoms with Crippen molar-refractivity contribution in [1.29, 1.82) is 0 Å². The van der Waals surface area contributed by atoms with Crippen molar-refractivity contribution in [2.45, 2.75) is 33.1 Å². The molecule has 1 aromatic rings. The third-order valence-electron chi connectivity index (χ3n) is 3.79. The number of nitrogens with two attached hydrogens (primary N) is 1. The van der Waals surface area contributed by atoms with Gasteiger partial charge in [-0.25, -0.2) is 4.98 Å². The molecule has 104 valence electrons. The van der Waals surface area contributed by atoms with E-state index in [1.54, 1.807) is 6.20 Å². The standard InChI is InChI=1S/C14H22N4O/c1-3-4-11-6-8-18(9-11)14-12(13(15)17-19)10(2)5-7-16-14/h5,7,11,19H,3-4,6,8-9H2,1-2H3,(H2,15,17). The summed E-state index contributed by atoms with van der Waals surface area (Å²) in [5.41, 5.74) is 7.53. The molecule has 0 bridgehead atoms. The second kappa shape index (κ2) is 5.91. The van der Waals surface area contributed by atoms with Gasteiger partial charge in [0.05, 0.1) is 5.56 Å². The first-order valence-electron chi connectivity index (χ1n) is 6.85. The third kappa shape index (κ3) is 2.80. The van der Waals surface area contributed by atoms with Gasteiger partial charge in [0.2, 0.25) is 0 Å². The number of nitrogens with zero attached hydrogens (tertiary/aromatic N) is 3. The van der Waals surface area contributed by atoms with Crippen molar-refractivity contribution in [2.75, 3.05) is 18.0 Å². The Bertz CT molecular complexity index is 473. The number of hydrogen-bond donors (Lipinski definition) is 2. The van der Waals surface area contributed by atoms with Crippen LogP contribution < -0.4 is 10.6 Å². The first-order valence-corrected chi connectivity index (χ1v) is 6.85. The molecule has 1 aromatic heterocycles. The third-order valence-corrected chi connectivity index (χ3v) is 3.79. The molecule has 0 radical (unpaired) electrons. The smallest absolute Gasteiger partial charge is 0.174 e. The predicted molar refractivity (Wildman–Crippen MR) is 76.7 cm³/mol. The Kier molecular flexibility index (Phi) is 4.24.